The average Bonchev–Trinajstić information content (AvgIpc) is 2.74. The number of nitrogens with one attached hydrogen (secondary N) is 1. The van der Waals surface area contributed by atoms with Crippen molar-refractivity contribution in [2.24, 2.45) is 5.92 Å². The Labute approximate surface area is 185 Å². The van der Waals surface area contributed by atoms with Crippen molar-refractivity contribution in [3.8, 4) is 11.5 Å². The second kappa shape index (κ2) is 8.91. The van der Waals surface area contributed by atoms with Crippen LogP contribution in [0.1, 0.15) is 67.6 Å². The van der Waals surface area contributed by atoms with Gasteiger partial charge in [0, 0.05) is 30.2 Å². The van der Waals surface area contributed by atoms with Gasteiger partial charge in [0.25, 0.3) is 5.91 Å². The van der Waals surface area contributed by atoms with Crippen LogP contribution in [0.25, 0.3) is 0 Å². The van der Waals surface area contributed by atoms with Gasteiger partial charge in [-0.1, -0.05) is 19.1 Å². The molecule has 2 aliphatic heterocycles. The quantitative estimate of drug-likeness (QED) is 0.740. The molecule has 1 atom stereocenters. The Morgan fingerprint density at radius 1 is 1.16 bits per heavy atom. The number of nitrogens with zero attached hydrogens (tertiary/aromatic N) is 1. The molecule has 2 aromatic rings. The van der Waals surface area contributed by atoms with Crippen molar-refractivity contribution in [1.82, 2.24) is 10.2 Å². The van der Waals surface area contributed by atoms with Gasteiger partial charge < -0.3 is 14.8 Å². The molecule has 1 saturated heterocycles. The summed E-state index contributed by atoms with van der Waals surface area (Å²) in [5.41, 5.74) is 2.57. The molecule has 5 heteroatoms. The first-order valence-electron chi connectivity index (χ1n) is 11.3. The number of benzene rings is 2. The Morgan fingerprint density at radius 2 is 1.87 bits per heavy atom. The molecule has 31 heavy (non-hydrogen) atoms. The van der Waals surface area contributed by atoms with Crippen molar-refractivity contribution < 1.29 is 14.3 Å². The number of amides is 1. The highest BCUT2D eigenvalue weighted by atomic mass is 16.5. The molecule has 0 spiro atoms. The van der Waals surface area contributed by atoms with Crippen molar-refractivity contribution >= 4 is 5.91 Å². The number of piperidine rings is 1. The fraction of sp³-hybridized carbons (Fsp3) is 0.500. The third-order valence-corrected chi connectivity index (χ3v) is 6.48. The second-order valence-corrected chi connectivity index (χ2v) is 9.65. The first-order valence-corrected chi connectivity index (χ1v) is 11.3. The van der Waals surface area contributed by atoms with Gasteiger partial charge in [-0.25, -0.2) is 0 Å². The van der Waals surface area contributed by atoms with Crippen LogP contribution in [0.5, 0.6) is 11.5 Å². The predicted octanol–water partition coefficient (Wildman–Crippen LogP) is 4.96. The van der Waals surface area contributed by atoms with Gasteiger partial charge in [0.05, 0.1) is 13.2 Å². The number of methoxy groups -OCH3 is 1. The molecular formula is C26H34N2O3. The lowest BCUT2D eigenvalue weighted by molar-refractivity contribution is 0.0617. The molecule has 2 aromatic carbocycles. The van der Waals surface area contributed by atoms with Gasteiger partial charge in [0.2, 0.25) is 0 Å². The Morgan fingerprint density at radius 3 is 2.55 bits per heavy atom. The van der Waals surface area contributed by atoms with Gasteiger partial charge in [-0.15, -0.1) is 0 Å². The van der Waals surface area contributed by atoms with E-state index in [2.05, 4.69) is 29.3 Å². The number of ether oxygens (including phenoxy) is 2. The molecule has 1 amide bonds. The zero-order valence-corrected chi connectivity index (χ0v) is 19.1. The molecule has 0 radical (unpaired) electrons. The monoisotopic (exact) mass is 422 g/mol. The molecule has 2 aliphatic rings. The molecule has 4 rings (SSSR count). The van der Waals surface area contributed by atoms with Gasteiger partial charge in [-0.05, 0) is 75.5 Å². The highest BCUT2D eigenvalue weighted by Gasteiger charge is 2.35. The Bertz CT molecular complexity index is 915. The zero-order chi connectivity index (χ0) is 22.0. The lowest BCUT2D eigenvalue weighted by atomic mass is 9.89. The van der Waals surface area contributed by atoms with Crippen LogP contribution in [-0.2, 0) is 6.54 Å². The van der Waals surface area contributed by atoms with Gasteiger partial charge in [-0.2, -0.15) is 0 Å². The summed E-state index contributed by atoms with van der Waals surface area (Å²) in [4.78, 5) is 15.5. The first kappa shape index (κ1) is 21.7. The predicted molar refractivity (Wildman–Crippen MR) is 123 cm³/mol. The number of hydrogen-bond acceptors (Lipinski definition) is 4. The normalized spacial score (nSPS) is 21.1. The van der Waals surface area contributed by atoms with Crippen LogP contribution in [0, 0.1) is 5.92 Å². The first-order chi connectivity index (χ1) is 14.8. The summed E-state index contributed by atoms with van der Waals surface area (Å²) in [7, 11) is 1.64. The van der Waals surface area contributed by atoms with E-state index in [1.807, 2.05) is 44.2 Å². The van der Waals surface area contributed by atoms with E-state index in [4.69, 9.17) is 9.47 Å². The lowest BCUT2D eigenvalue weighted by Crippen LogP contribution is -2.41. The van der Waals surface area contributed by atoms with Crippen LogP contribution in [-0.4, -0.2) is 36.6 Å². The van der Waals surface area contributed by atoms with E-state index in [1.54, 1.807) is 7.11 Å². The summed E-state index contributed by atoms with van der Waals surface area (Å²) in [6.07, 6.45) is 3.26. The largest absolute Gasteiger partial charge is 0.497 e. The molecule has 166 valence electrons. The number of hydrogen-bond donors (Lipinski definition) is 1. The molecule has 0 unspecified atom stereocenters. The van der Waals surface area contributed by atoms with Crippen molar-refractivity contribution in [3.05, 3.63) is 59.2 Å². The maximum atomic E-state index is 13.0. The summed E-state index contributed by atoms with van der Waals surface area (Å²) in [5, 5.41) is 3.22. The Balaban J connectivity index is 1.43. The molecule has 1 N–H and O–H groups in total. The van der Waals surface area contributed by atoms with E-state index in [0.29, 0.717) is 12.0 Å². The van der Waals surface area contributed by atoms with Crippen LogP contribution in [0.15, 0.2) is 42.5 Å². The van der Waals surface area contributed by atoms with Gasteiger partial charge in [0.15, 0.2) is 0 Å². The summed E-state index contributed by atoms with van der Waals surface area (Å²) in [6.45, 7) is 9.70. The van der Waals surface area contributed by atoms with Gasteiger partial charge in [-0.3, -0.25) is 9.69 Å². The van der Waals surface area contributed by atoms with E-state index in [9.17, 15) is 4.79 Å². The maximum absolute atomic E-state index is 13.0. The zero-order valence-electron chi connectivity index (χ0n) is 19.1. The average molecular weight is 423 g/mol. The van der Waals surface area contributed by atoms with Crippen molar-refractivity contribution in [3.63, 3.8) is 0 Å². The lowest BCUT2D eigenvalue weighted by Gasteiger charge is -2.38. The van der Waals surface area contributed by atoms with Gasteiger partial charge >= 0.3 is 0 Å². The van der Waals surface area contributed by atoms with Crippen LogP contribution in [0.3, 0.4) is 0 Å². The summed E-state index contributed by atoms with van der Waals surface area (Å²) < 4.78 is 11.5. The van der Waals surface area contributed by atoms with Crippen molar-refractivity contribution in [1.29, 1.82) is 0 Å². The number of fused-ring (bicyclic) bond motifs is 1. The topological polar surface area (TPSA) is 50.8 Å². The molecule has 0 aliphatic carbocycles. The molecule has 0 bridgehead atoms. The minimum atomic E-state index is -0.368. The van der Waals surface area contributed by atoms with Crippen LogP contribution in [0.2, 0.25) is 0 Å². The molecular weight excluding hydrogens is 388 g/mol. The number of carbonyl (C=O) groups is 1. The van der Waals surface area contributed by atoms with E-state index in [-0.39, 0.29) is 17.6 Å². The molecule has 0 saturated carbocycles. The Hall–Kier alpha value is -2.53. The maximum Gasteiger partial charge on any atom is 0.251 e. The van der Waals surface area contributed by atoms with E-state index in [1.165, 1.54) is 18.4 Å². The summed E-state index contributed by atoms with van der Waals surface area (Å²) in [6, 6.07) is 13.7. The standard InChI is InChI=1S/C26H34N2O3/c1-18-11-13-28(14-12-18)17-19-5-7-20(8-6-19)25(29)27-23-16-26(2,3)31-24-15-21(30-4)9-10-22(23)24/h5-10,15,18,23H,11-14,16-17H2,1-4H3,(H,27,29)/t23-/m1/s1. The fourth-order valence-corrected chi connectivity index (χ4v) is 4.57. The Kier molecular flexibility index (Phi) is 6.24. The number of likely N-dealkylation sites (tertiary alicyclic amines) is 1. The molecule has 0 aromatic heterocycles. The fourth-order valence-electron chi connectivity index (χ4n) is 4.57. The SMILES string of the molecule is COc1ccc2c(c1)OC(C)(C)C[C@H]2NC(=O)c1ccc(CN2CCC(C)CC2)cc1. The molecule has 5 nitrogen and oxygen atoms in total. The summed E-state index contributed by atoms with van der Waals surface area (Å²) >= 11 is 0. The molecule has 1 fully saturated rings. The molecule has 2 heterocycles. The van der Waals surface area contributed by atoms with E-state index >= 15 is 0 Å². The van der Waals surface area contributed by atoms with E-state index in [0.717, 1.165) is 42.6 Å². The van der Waals surface area contributed by atoms with Crippen molar-refractivity contribution in [2.75, 3.05) is 20.2 Å². The minimum Gasteiger partial charge on any atom is -0.497 e. The van der Waals surface area contributed by atoms with Gasteiger partial charge in [0.1, 0.15) is 17.1 Å². The van der Waals surface area contributed by atoms with Crippen LogP contribution in [0.4, 0.5) is 0 Å². The third-order valence-electron chi connectivity index (χ3n) is 6.48. The number of rotatable bonds is 5. The minimum absolute atomic E-state index is 0.0529. The van der Waals surface area contributed by atoms with E-state index < -0.39 is 0 Å². The van der Waals surface area contributed by atoms with Crippen LogP contribution >= 0.6 is 0 Å². The summed E-state index contributed by atoms with van der Waals surface area (Å²) in [5.74, 6) is 2.30. The highest BCUT2D eigenvalue weighted by molar-refractivity contribution is 5.94. The smallest absolute Gasteiger partial charge is 0.251 e. The second-order valence-electron chi connectivity index (χ2n) is 9.65. The highest BCUT2D eigenvalue weighted by Crippen LogP contribution is 2.41. The van der Waals surface area contributed by atoms with Crippen LogP contribution < -0.4 is 14.8 Å². The third kappa shape index (κ3) is 5.21. The van der Waals surface area contributed by atoms with Crippen molar-refractivity contribution in [2.45, 2.75) is 58.2 Å². The number of carbonyl (C=O) groups excluding carboxylic acids is 1.